The Balaban J connectivity index is 1.69. The lowest BCUT2D eigenvalue weighted by Gasteiger charge is -2.32. The first-order valence-electron chi connectivity index (χ1n) is 7.14. The molecular weight excluding hydrogens is 224 g/mol. The first-order valence-corrected chi connectivity index (χ1v) is 7.14. The highest BCUT2D eigenvalue weighted by Crippen LogP contribution is 2.27. The van der Waals surface area contributed by atoms with Gasteiger partial charge in [-0.15, -0.1) is 0 Å². The fourth-order valence-corrected chi connectivity index (χ4v) is 2.71. The normalized spacial score (nSPS) is 20.7. The van der Waals surface area contributed by atoms with Crippen molar-refractivity contribution in [1.29, 1.82) is 0 Å². The average Bonchev–Trinajstić information content (AvgIpc) is 3.23. The van der Waals surface area contributed by atoms with Crippen molar-refractivity contribution in [2.45, 2.75) is 57.0 Å². The van der Waals surface area contributed by atoms with E-state index in [0.29, 0.717) is 12.1 Å². The van der Waals surface area contributed by atoms with Crippen molar-refractivity contribution in [1.82, 2.24) is 9.97 Å². The smallest absolute Gasteiger partial charge is 0.134 e. The molecule has 4 nitrogen and oxygen atoms in total. The third kappa shape index (κ3) is 2.74. The number of hydrogen-bond donors (Lipinski definition) is 1. The molecule has 0 atom stereocenters. The summed E-state index contributed by atoms with van der Waals surface area (Å²) in [6.45, 7) is 0. The molecule has 1 N–H and O–H groups in total. The van der Waals surface area contributed by atoms with Gasteiger partial charge in [0.1, 0.15) is 18.0 Å². The minimum atomic E-state index is 0.646. The summed E-state index contributed by atoms with van der Waals surface area (Å²) in [5, 5.41) is 3.44. The molecule has 0 aliphatic heterocycles. The third-order valence-electron chi connectivity index (χ3n) is 4.07. The van der Waals surface area contributed by atoms with Gasteiger partial charge >= 0.3 is 0 Å². The van der Waals surface area contributed by atoms with Crippen LogP contribution >= 0.6 is 0 Å². The Morgan fingerprint density at radius 3 is 2.61 bits per heavy atom. The SMILES string of the molecule is CN(c1cc(NC2CC2)ncn1)C1CCCCC1. The second-order valence-corrected chi connectivity index (χ2v) is 5.58. The lowest BCUT2D eigenvalue weighted by atomic mass is 9.94. The number of nitrogens with zero attached hydrogens (tertiary/aromatic N) is 3. The van der Waals surface area contributed by atoms with Crippen molar-refractivity contribution >= 4 is 11.6 Å². The van der Waals surface area contributed by atoms with Gasteiger partial charge in [0.15, 0.2) is 0 Å². The van der Waals surface area contributed by atoms with E-state index in [1.807, 2.05) is 0 Å². The first kappa shape index (κ1) is 11.8. The fourth-order valence-electron chi connectivity index (χ4n) is 2.71. The van der Waals surface area contributed by atoms with Gasteiger partial charge in [-0.1, -0.05) is 19.3 Å². The maximum Gasteiger partial charge on any atom is 0.134 e. The Morgan fingerprint density at radius 2 is 1.89 bits per heavy atom. The summed E-state index contributed by atoms with van der Waals surface area (Å²) in [7, 11) is 2.17. The Hall–Kier alpha value is -1.32. The monoisotopic (exact) mass is 246 g/mol. The van der Waals surface area contributed by atoms with Gasteiger partial charge in [0.2, 0.25) is 0 Å². The van der Waals surface area contributed by atoms with E-state index in [2.05, 4.69) is 33.3 Å². The van der Waals surface area contributed by atoms with E-state index in [0.717, 1.165) is 11.6 Å². The molecule has 2 aliphatic rings. The van der Waals surface area contributed by atoms with Crippen LogP contribution in [0.2, 0.25) is 0 Å². The third-order valence-corrected chi connectivity index (χ3v) is 4.07. The first-order chi connectivity index (χ1) is 8.83. The zero-order valence-corrected chi connectivity index (χ0v) is 11.1. The maximum absolute atomic E-state index is 4.42. The van der Waals surface area contributed by atoms with Crippen molar-refractivity contribution in [3.05, 3.63) is 12.4 Å². The minimum absolute atomic E-state index is 0.646. The predicted octanol–water partition coefficient (Wildman–Crippen LogP) is 2.82. The lowest BCUT2D eigenvalue weighted by Crippen LogP contribution is -2.34. The Morgan fingerprint density at radius 1 is 1.11 bits per heavy atom. The molecule has 0 aromatic carbocycles. The largest absolute Gasteiger partial charge is 0.367 e. The van der Waals surface area contributed by atoms with Crippen LogP contribution in [0.4, 0.5) is 11.6 Å². The number of nitrogens with one attached hydrogen (secondary N) is 1. The van der Waals surface area contributed by atoms with Crippen LogP contribution in [0, 0.1) is 0 Å². The quantitative estimate of drug-likeness (QED) is 0.887. The molecule has 1 aromatic heterocycles. The van der Waals surface area contributed by atoms with Gasteiger partial charge in [0.05, 0.1) is 0 Å². The second-order valence-electron chi connectivity index (χ2n) is 5.58. The molecule has 1 aromatic rings. The summed E-state index contributed by atoms with van der Waals surface area (Å²) in [6.07, 6.45) is 10.9. The van der Waals surface area contributed by atoms with Crippen LogP contribution in [0.15, 0.2) is 12.4 Å². The number of aromatic nitrogens is 2. The molecule has 3 rings (SSSR count). The Bertz CT molecular complexity index is 397. The van der Waals surface area contributed by atoms with Crippen LogP contribution in [-0.4, -0.2) is 29.1 Å². The molecule has 0 unspecified atom stereocenters. The molecule has 2 saturated carbocycles. The van der Waals surface area contributed by atoms with Gasteiger partial charge < -0.3 is 10.2 Å². The highest BCUT2D eigenvalue weighted by molar-refractivity contribution is 5.49. The highest BCUT2D eigenvalue weighted by atomic mass is 15.2. The standard InChI is InChI=1S/C14H22N4/c1-18(12-5-3-2-4-6-12)14-9-13(15-10-16-14)17-11-7-8-11/h9-12H,2-8H2,1H3,(H,15,16,17). The predicted molar refractivity (Wildman–Crippen MR) is 74.0 cm³/mol. The summed E-state index contributed by atoms with van der Waals surface area (Å²) in [5.74, 6) is 2.03. The lowest BCUT2D eigenvalue weighted by molar-refractivity contribution is 0.426. The Kier molecular flexibility index (Phi) is 3.35. The van der Waals surface area contributed by atoms with E-state index >= 15 is 0 Å². The van der Waals surface area contributed by atoms with Gasteiger partial charge in [0.25, 0.3) is 0 Å². The molecule has 0 spiro atoms. The van der Waals surface area contributed by atoms with Crippen LogP contribution in [0.25, 0.3) is 0 Å². The molecule has 0 bridgehead atoms. The van der Waals surface area contributed by atoms with Crippen LogP contribution in [-0.2, 0) is 0 Å². The van der Waals surface area contributed by atoms with Crippen LogP contribution in [0.5, 0.6) is 0 Å². The van der Waals surface area contributed by atoms with Crippen LogP contribution < -0.4 is 10.2 Å². The van der Waals surface area contributed by atoms with Gasteiger partial charge in [0, 0.05) is 25.2 Å². The van der Waals surface area contributed by atoms with E-state index in [-0.39, 0.29) is 0 Å². The van der Waals surface area contributed by atoms with E-state index in [1.54, 1.807) is 6.33 Å². The number of rotatable bonds is 4. The zero-order chi connectivity index (χ0) is 12.4. The summed E-state index contributed by atoms with van der Waals surface area (Å²) in [6, 6.07) is 3.39. The van der Waals surface area contributed by atoms with E-state index in [4.69, 9.17) is 0 Å². The van der Waals surface area contributed by atoms with Gasteiger partial charge in [-0.05, 0) is 25.7 Å². The van der Waals surface area contributed by atoms with E-state index in [9.17, 15) is 0 Å². The van der Waals surface area contributed by atoms with Crippen molar-refractivity contribution in [2.24, 2.45) is 0 Å². The number of hydrogen-bond acceptors (Lipinski definition) is 4. The molecule has 0 saturated heterocycles. The summed E-state index contributed by atoms with van der Waals surface area (Å²) >= 11 is 0. The topological polar surface area (TPSA) is 41.0 Å². The van der Waals surface area contributed by atoms with Crippen LogP contribution in [0.3, 0.4) is 0 Å². The summed E-state index contributed by atoms with van der Waals surface area (Å²) < 4.78 is 0. The summed E-state index contributed by atoms with van der Waals surface area (Å²) in [5.41, 5.74) is 0. The number of anilines is 2. The fraction of sp³-hybridized carbons (Fsp3) is 0.714. The van der Waals surface area contributed by atoms with Crippen molar-refractivity contribution < 1.29 is 0 Å². The highest BCUT2D eigenvalue weighted by Gasteiger charge is 2.23. The molecule has 1 heterocycles. The van der Waals surface area contributed by atoms with Crippen molar-refractivity contribution in [3.63, 3.8) is 0 Å². The van der Waals surface area contributed by atoms with Crippen LogP contribution in [0.1, 0.15) is 44.9 Å². The molecule has 98 valence electrons. The van der Waals surface area contributed by atoms with E-state index < -0.39 is 0 Å². The van der Waals surface area contributed by atoms with Gasteiger partial charge in [-0.25, -0.2) is 9.97 Å². The molecule has 2 fully saturated rings. The molecule has 0 radical (unpaired) electrons. The molecule has 18 heavy (non-hydrogen) atoms. The molecule has 0 amide bonds. The zero-order valence-electron chi connectivity index (χ0n) is 11.1. The molecule has 2 aliphatic carbocycles. The van der Waals surface area contributed by atoms with Gasteiger partial charge in [-0.3, -0.25) is 0 Å². The average molecular weight is 246 g/mol. The minimum Gasteiger partial charge on any atom is -0.367 e. The second kappa shape index (κ2) is 5.12. The van der Waals surface area contributed by atoms with Crippen molar-refractivity contribution in [2.75, 3.05) is 17.3 Å². The maximum atomic E-state index is 4.42. The Labute approximate surface area is 109 Å². The molecular formula is C14H22N4. The van der Waals surface area contributed by atoms with E-state index in [1.165, 1.54) is 44.9 Å². The molecule has 4 heteroatoms. The van der Waals surface area contributed by atoms with Crippen molar-refractivity contribution in [3.8, 4) is 0 Å². The van der Waals surface area contributed by atoms with Gasteiger partial charge in [-0.2, -0.15) is 0 Å². The summed E-state index contributed by atoms with van der Waals surface area (Å²) in [4.78, 5) is 11.0.